The van der Waals surface area contributed by atoms with Crippen molar-refractivity contribution >= 4 is 23.1 Å². The van der Waals surface area contributed by atoms with Crippen molar-refractivity contribution in [2.75, 3.05) is 7.11 Å². The van der Waals surface area contributed by atoms with Crippen LogP contribution in [0.4, 0.5) is 0 Å². The number of aliphatic hydroxyl groups is 2. The van der Waals surface area contributed by atoms with Crippen LogP contribution in [0.25, 0.3) is 0 Å². The highest BCUT2D eigenvalue weighted by atomic mass is 16.5. The number of methoxy groups -OCH3 is 1. The van der Waals surface area contributed by atoms with Gasteiger partial charge >= 0.3 is 5.97 Å². The van der Waals surface area contributed by atoms with E-state index in [-0.39, 0.29) is 23.6 Å². The second-order valence-electron chi connectivity index (χ2n) is 11.8. The first-order chi connectivity index (χ1) is 20.0. The monoisotopic (exact) mass is 566 g/mol. The molecule has 8 nitrogen and oxygen atoms in total. The van der Waals surface area contributed by atoms with Gasteiger partial charge < -0.3 is 20.3 Å². The first-order valence-electron chi connectivity index (χ1n) is 14.7. The SMILES string of the molecule is CCC1=C(C)C2=CC3=NC(=C(C)/C3=C(/C)O)C=C3NC(=C4C[C@H](O)C5=C(C)C(=CC1=N2)N=C45)[C@@H](CCC(=O)OC)[C@@H]3C. The van der Waals surface area contributed by atoms with Gasteiger partial charge in [0, 0.05) is 52.8 Å². The van der Waals surface area contributed by atoms with Crippen LogP contribution in [-0.4, -0.2) is 46.5 Å². The summed E-state index contributed by atoms with van der Waals surface area (Å²) < 4.78 is 4.97. The number of rotatable bonds is 4. The van der Waals surface area contributed by atoms with Crippen LogP contribution < -0.4 is 5.32 Å². The molecule has 8 bridgehead atoms. The second kappa shape index (κ2) is 10.3. The van der Waals surface area contributed by atoms with E-state index in [2.05, 4.69) is 32.2 Å². The van der Waals surface area contributed by atoms with Crippen molar-refractivity contribution in [3.05, 3.63) is 91.5 Å². The van der Waals surface area contributed by atoms with E-state index >= 15 is 0 Å². The van der Waals surface area contributed by atoms with Crippen LogP contribution in [0.3, 0.4) is 0 Å². The third kappa shape index (κ3) is 4.31. The van der Waals surface area contributed by atoms with Crippen molar-refractivity contribution in [3.8, 4) is 0 Å². The quantitative estimate of drug-likeness (QED) is 0.286. The van der Waals surface area contributed by atoms with Crippen LogP contribution in [-0.2, 0) is 9.53 Å². The zero-order valence-corrected chi connectivity index (χ0v) is 25.3. The Balaban J connectivity index is 1.61. The summed E-state index contributed by atoms with van der Waals surface area (Å²) in [6.07, 6.45) is 7.55. The van der Waals surface area contributed by atoms with Crippen LogP contribution in [0.1, 0.15) is 67.2 Å². The van der Waals surface area contributed by atoms with Gasteiger partial charge in [0.05, 0.1) is 53.2 Å². The number of carbonyl (C=O) groups excluding carboxylic acids is 1. The standard InChI is InChI=1S/C34H38N4O4/c1-8-20-15(2)23-14-28-31(19(6)39)17(4)25(36-28)12-24-16(3)21(9-10-30(41)42-7)33(37-24)22-11-29(40)32-18(5)26(38-34(22)32)13-27(20)35-23/h12-14,16,21,29,37,39-40H,8-11H2,1-7H3/b23-14?,24-12?,26-13?,31-19+,33-22?/t16-,21-,29-/m0/s1. The third-order valence-corrected chi connectivity index (χ3v) is 9.45. The molecular weight excluding hydrogens is 528 g/mol. The number of hydrogen-bond donors (Lipinski definition) is 3. The van der Waals surface area contributed by atoms with E-state index in [1.165, 1.54) is 7.11 Å². The van der Waals surface area contributed by atoms with Gasteiger partial charge in [0.1, 0.15) is 0 Å². The molecule has 0 unspecified atom stereocenters. The van der Waals surface area contributed by atoms with Gasteiger partial charge in [-0.25, -0.2) is 15.0 Å². The lowest BCUT2D eigenvalue weighted by Gasteiger charge is -2.17. The molecule has 8 heteroatoms. The lowest BCUT2D eigenvalue weighted by Crippen LogP contribution is -2.15. The van der Waals surface area contributed by atoms with E-state index in [0.29, 0.717) is 30.5 Å². The van der Waals surface area contributed by atoms with Crippen molar-refractivity contribution in [1.29, 1.82) is 0 Å². The molecule has 42 heavy (non-hydrogen) atoms. The largest absolute Gasteiger partial charge is 0.512 e. The zero-order chi connectivity index (χ0) is 30.0. The number of esters is 1. The first kappa shape index (κ1) is 28.1. The number of nitrogens with zero attached hydrogens (tertiary/aromatic N) is 3. The minimum Gasteiger partial charge on any atom is -0.512 e. The summed E-state index contributed by atoms with van der Waals surface area (Å²) in [5.74, 6) is 0.0201. The fourth-order valence-corrected chi connectivity index (χ4v) is 7.08. The number of aliphatic hydroxyl groups excluding tert-OH is 2. The van der Waals surface area contributed by atoms with Gasteiger partial charge in [-0.2, -0.15) is 0 Å². The molecule has 0 amide bonds. The predicted octanol–water partition coefficient (Wildman–Crippen LogP) is 5.99. The molecule has 6 rings (SSSR count). The Kier molecular flexibility index (Phi) is 6.92. The molecule has 5 aliphatic heterocycles. The van der Waals surface area contributed by atoms with E-state index in [4.69, 9.17) is 19.7 Å². The summed E-state index contributed by atoms with van der Waals surface area (Å²) >= 11 is 0. The highest BCUT2D eigenvalue weighted by Crippen LogP contribution is 2.46. The highest BCUT2D eigenvalue weighted by molar-refractivity contribution is 6.21. The average Bonchev–Trinajstić information content (AvgIpc) is 3.70. The van der Waals surface area contributed by atoms with Gasteiger partial charge in [0.2, 0.25) is 0 Å². The Bertz CT molecular complexity index is 1680. The zero-order valence-electron chi connectivity index (χ0n) is 25.3. The molecule has 0 aromatic heterocycles. The number of ether oxygens (including phenoxy) is 1. The maximum Gasteiger partial charge on any atom is 0.305 e. The fraction of sp³-hybridized carbons (Fsp3) is 0.412. The van der Waals surface area contributed by atoms with Gasteiger partial charge in [-0.3, -0.25) is 4.79 Å². The summed E-state index contributed by atoms with van der Waals surface area (Å²) in [7, 11) is 1.41. The van der Waals surface area contributed by atoms with Crippen LogP contribution in [0.5, 0.6) is 0 Å². The van der Waals surface area contributed by atoms with Crippen molar-refractivity contribution in [2.45, 2.75) is 73.3 Å². The summed E-state index contributed by atoms with van der Waals surface area (Å²) in [4.78, 5) is 27.3. The van der Waals surface area contributed by atoms with E-state index in [1.54, 1.807) is 6.92 Å². The normalized spacial score (nSPS) is 27.7. The van der Waals surface area contributed by atoms with E-state index in [0.717, 1.165) is 79.8 Å². The van der Waals surface area contributed by atoms with E-state index in [1.807, 2.05) is 26.0 Å². The molecule has 0 radical (unpaired) electrons. The Labute approximate surface area is 246 Å². The van der Waals surface area contributed by atoms with Crippen molar-refractivity contribution < 1.29 is 19.7 Å². The number of aliphatic imine (C=N–C) groups is 3. The van der Waals surface area contributed by atoms with Crippen molar-refractivity contribution in [1.82, 2.24) is 5.32 Å². The Hall–Kier alpha value is -4.04. The van der Waals surface area contributed by atoms with Crippen LogP contribution in [0, 0.1) is 11.8 Å². The molecule has 5 heterocycles. The molecule has 2 fully saturated rings. The average molecular weight is 567 g/mol. The van der Waals surface area contributed by atoms with Crippen molar-refractivity contribution in [3.63, 3.8) is 0 Å². The summed E-state index contributed by atoms with van der Waals surface area (Å²) in [6, 6.07) is 0. The minimum absolute atomic E-state index is 0.00347. The molecule has 3 N–H and O–H groups in total. The van der Waals surface area contributed by atoms with Gasteiger partial charge in [0.15, 0.2) is 0 Å². The van der Waals surface area contributed by atoms with Crippen LogP contribution >= 0.6 is 0 Å². The maximum absolute atomic E-state index is 12.2. The van der Waals surface area contributed by atoms with Crippen LogP contribution in [0.2, 0.25) is 0 Å². The number of hydrogen-bond acceptors (Lipinski definition) is 8. The Morgan fingerprint density at radius 3 is 2.45 bits per heavy atom. The molecule has 0 aromatic rings. The lowest BCUT2D eigenvalue weighted by atomic mass is 9.86. The number of fused-ring (bicyclic) bond motifs is 5. The molecule has 3 atom stereocenters. The summed E-state index contributed by atoms with van der Waals surface area (Å²) in [6.45, 7) is 12.0. The van der Waals surface area contributed by atoms with E-state index < -0.39 is 6.10 Å². The molecule has 218 valence electrons. The summed E-state index contributed by atoms with van der Waals surface area (Å²) in [5.41, 5.74) is 13.4. The number of nitrogens with one attached hydrogen (secondary N) is 1. The molecular formula is C34H38N4O4. The fourth-order valence-electron chi connectivity index (χ4n) is 7.08. The number of carbonyl (C=O) groups is 1. The Morgan fingerprint density at radius 1 is 1.05 bits per heavy atom. The maximum atomic E-state index is 12.2. The second-order valence-corrected chi connectivity index (χ2v) is 11.8. The van der Waals surface area contributed by atoms with E-state index in [9.17, 15) is 15.0 Å². The molecule has 6 aliphatic rings. The Morgan fingerprint density at radius 2 is 1.76 bits per heavy atom. The highest BCUT2D eigenvalue weighted by Gasteiger charge is 2.43. The topological polar surface area (TPSA) is 116 Å². The minimum atomic E-state index is -0.654. The smallest absolute Gasteiger partial charge is 0.305 e. The molecule has 0 aromatic carbocycles. The molecule has 0 spiro atoms. The van der Waals surface area contributed by atoms with Gasteiger partial charge in [-0.15, -0.1) is 0 Å². The molecule has 1 aliphatic carbocycles. The van der Waals surface area contributed by atoms with Crippen molar-refractivity contribution in [2.24, 2.45) is 26.8 Å². The summed E-state index contributed by atoms with van der Waals surface area (Å²) in [5, 5.41) is 25.7. The predicted molar refractivity (Wildman–Crippen MR) is 165 cm³/mol. The van der Waals surface area contributed by atoms with Gasteiger partial charge in [0.25, 0.3) is 0 Å². The third-order valence-electron chi connectivity index (χ3n) is 9.45. The first-order valence-corrected chi connectivity index (χ1v) is 14.7. The molecule has 1 saturated carbocycles. The lowest BCUT2D eigenvalue weighted by molar-refractivity contribution is -0.140. The van der Waals surface area contributed by atoms with Crippen LogP contribution in [0.15, 0.2) is 106 Å². The molecule has 1 saturated heterocycles. The van der Waals surface area contributed by atoms with Gasteiger partial charge in [-0.05, 0) is 81.1 Å². The van der Waals surface area contributed by atoms with Gasteiger partial charge in [-0.1, -0.05) is 13.8 Å². The number of allylic oxidation sites excluding steroid dienone is 11.